The van der Waals surface area contributed by atoms with Crippen molar-refractivity contribution in [3.63, 3.8) is 0 Å². The number of ketones is 1. The van der Waals surface area contributed by atoms with E-state index in [4.69, 9.17) is 0 Å². The maximum Gasteiger partial charge on any atom is 0.139 e. The first-order valence-electron chi connectivity index (χ1n) is 7.62. The normalized spacial score (nSPS) is 17.4. The lowest BCUT2D eigenvalue weighted by Crippen LogP contribution is -2.36. The predicted octanol–water partition coefficient (Wildman–Crippen LogP) is 2.96. The van der Waals surface area contributed by atoms with Crippen molar-refractivity contribution in [2.45, 2.75) is 39.2 Å². The Morgan fingerprint density at radius 1 is 1.30 bits per heavy atom. The maximum atomic E-state index is 12.0. The summed E-state index contributed by atoms with van der Waals surface area (Å²) >= 11 is 0. The van der Waals surface area contributed by atoms with Crippen molar-refractivity contribution in [1.29, 1.82) is 0 Å². The molecule has 1 fully saturated rings. The highest BCUT2D eigenvalue weighted by Crippen LogP contribution is 2.21. The SMILES string of the molecule is CC(C)C(=O)Cc1ccccc1NC1CCN(C)CC1. The predicted molar refractivity (Wildman–Crippen MR) is 84.1 cm³/mol. The van der Waals surface area contributed by atoms with Gasteiger partial charge in [0.15, 0.2) is 0 Å². The fourth-order valence-corrected chi connectivity index (χ4v) is 2.58. The number of anilines is 1. The van der Waals surface area contributed by atoms with E-state index in [0.29, 0.717) is 18.2 Å². The van der Waals surface area contributed by atoms with E-state index < -0.39 is 0 Å². The molecule has 0 aromatic heterocycles. The molecule has 0 bridgehead atoms. The average molecular weight is 274 g/mol. The number of Topliss-reactive ketones (excluding diaryl/α,β-unsaturated/α-hetero) is 1. The molecular formula is C17H26N2O. The van der Waals surface area contributed by atoms with E-state index in [1.165, 1.54) is 12.8 Å². The molecule has 20 heavy (non-hydrogen) atoms. The van der Waals surface area contributed by atoms with Crippen molar-refractivity contribution in [1.82, 2.24) is 4.90 Å². The van der Waals surface area contributed by atoms with Crippen LogP contribution in [0.25, 0.3) is 0 Å². The first kappa shape index (κ1) is 15.0. The topological polar surface area (TPSA) is 32.3 Å². The number of nitrogens with one attached hydrogen (secondary N) is 1. The zero-order valence-electron chi connectivity index (χ0n) is 12.9. The second kappa shape index (κ2) is 6.89. The van der Waals surface area contributed by atoms with Gasteiger partial charge in [-0.05, 0) is 44.6 Å². The number of nitrogens with zero attached hydrogens (tertiary/aromatic N) is 1. The summed E-state index contributed by atoms with van der Waals surface area (Å²) in [5, 5.41) is 3.64. The first-order valence-corrected chi connectivity index (χ1v) is 7.62. The summed E-state index contributed by atoms with van der Waals surface area (Å²) in [6, 6.07) is 8.75. The van der Waals surface area contributed by atoms with Gasteiger partial charge in [0.05, 0.1) is 0 Å². The number of likely N-dealkylation sites (tertiary alicyclic amines) is 1. The van der Waals surface area contributed by atoms with E-state index in [1.807, 2.05) is 26.0 Å². The van der Waals surface area contributed by atoms with E-state index in [-0.39, 0.29) is 5.92 Å². The van der Waals surface area contributed by atoms with Gasteiger partial charge in [-0.2, -0.15) is 0 Å². The lowest BCUT2D eigenvalue weighted by Gasteiger charge is -2.30. The van der Waals surface area contributed by atoms with Gasteiger partial charge in [0.25, 0.3) is 0 Å². The molecule has 1 aliphatic heterocycles. The number of piperidine rings is 1. The number of carbonyl (C=O) groups is 1. The first-order chi connectivity index (χ1) is 9.56. The van der Waals surface area contributed by atoms with Crippen LogP contribution in [-0.4, -0.2) is 36.9 Å². The molecule has 3 nitrogen and oxygen atoms in total. The molecule has 0 atom stereocenters. The van der Waals surface area contributed by atoms with Crippen molar-refractivity contribution in [3.8, 4) is 0 Å². The summed E-state index contributed by atoms with van der Waals surface area (Å²) < 4.78 is 0. The molecule has 1 N–H and O–H groups in total. The van der Waals surface area contributed by atoms with Crippen LogP contribution in [0.4, 0.5) is 5.69 Å². The molecule has 0 unspecified atom stereocenters. The van der Waals surface area contributed by atoms with E-state index in [2.05, 4.69) is 29.4 Å². The van der Waals surface area contributed by atoms with E-state index in [9.17, 15) is 4.79 Å². The lowest BCUT2D eigenvalue weighted by atomic mass is 9.98. The standard InChI is InChI=1S/C17H26N2O/c1-13(2)17(20)12-14-6-4-5-7-16(14)18-15-8-10-19(3)11-9-15/h4-7,13,15,18H,8-12H2,1-3H3. The maximum absolute atomic E-state index is 12.0. The molecule has 0 spiro atoms. The number of rotatable bonds is 5. The third-order valence-corrected chi connectivity index (χ3v) is 4.10. The van der Waals surface area contributed by atoms with E-state index in [0.717, 1.165) is 24.3 Å². The van der Waals surface area contributed by atoms with Crippen LogP contribution in [0.15, 0.2) is 24.3 Å². The Kier molecular flexibility index (Phi) is 5.18. The van der Waals surface area contributed by atoms with E-state index in [1.54, 1.807) is 0 Å². The van der Waals surface area contributed by atoms with Crippen molar-refractivity contribution in [3.05, 3.63) is 29.8 Å². The van der Waals surface area contributed by atoms with Crippen LogP contribution in [0.1, 0.15) is 32.3 Å². The minimum absolute atomic E-state index is 0.103. The van der Waals surface area contributed by atoms with E-state index >= 15 is 0 Å². The Morgan fingerprint density at radius 2 is 1.95 bits per heavy atom. The monoisotopic (exact) mass is 274 g/mol. The molecule has 0 radical (unpaired) electrons. The number of hydrogen-bond donors (Lipinski definition) is 1. The average Bonchev–Trinajstić information content (AvgIpc) is 2.43. The third kappa shape index (κ3) is 4.07. The summed E-state index contributed by atoms with van der Waals surface area (Å²) in [6.45, 7) is 6.22. The fraction of sp³-hybridized carbons (Fsp3) is 0.588. The summed E-state index contributed by atoms with van der Waals surface area (Å²) in [7, 11) is 2.17. The zero-order valence-corrected chi connectivity index (χ0v) is 12.9. The van der Waals surface area contributed by atoms with Crippen LogP contribution < -0.4 is 5.32 Å². The summed E-state index contributed by atoms with van der Waals surface area (Å²) in [5.41, 5.74) is 2.26. The minimum Gasteiger partial charge on any atom is -0.382 e. The number of hydrogen-bond acceptors (Lipinski definition) is 3. The molecule has 1 saturated heterocycles. The molecule has 1 aliphatic rings. The molecule has 0 amide bonds. The van der Waals surface area contributed by atoms with Gasteiger partial charge < -0.3 is 10.2 Å². The zero-order chi connectivity index (χ0) is 14.5. The summed E-state index contributed by atoms with van der Waals surface area (Å²) in [5.74, 6) is 0.411. The van der Waals surface area contributed by atoms with Crippen LogP contribution >= 0.6 is 0 Å². The van der Waals surface area contributed by atoms with Gasteiger partial charge in [-0.3, -0.25) is 4.79 Å². The Balaban J connectivity index is 2.02. The lowest BCUT2D eigenvalue weighted by molar-refractivity contribution is -0.121. The molecule has 110 valence electrons. The number of carbonyl (C=O) groups excluding carboxylic acids is 1. The highest BCUT2D eigenvalue weighted by molar-refractivity contribution is 5.84. The van der Waals surface area contributed by atoms with Gasteiger partial charge in [0.1, 0.15) is 5.78 Å². The Morgan fingerprint density at radius 3 is 2.60 bits per heavy atom. The molecule has 3 heteroatoms. The van der Waals surface area contributed by atoms with Crippen LogP contribution in [0.3, 0.4) is 0 Å². The smallest absolute Gasteiger partial charge is 0.139 e. The van der Waals surface area contributed by atoms with Crippen molar-refractivity contribution in [2.24, 2.45) is 5.92 Å². The molecule has 0 saturated carbocycles. The van der Waals surface area contributed by atoms with Crippen molar-refractivity contribution in [2.75, 3.05) is 25.5 Å². The third-order valence-electron chi connectivity index (χ3n) is 4.10. The van der Waals surface area contributed by atoms with Gasteiger partial charge in [-0.15, -0.1) is 0 Å². The molecule has 1 aromatic carbocycles. The van der Waals surface area contributed by atoms with Crippen LogP contribution in [0.2, 0.25) is 0 Å². The second-order valence-corrected chi connectivity index (χ2v) is 6.18. The van der Waals surface area contributed by atoms with Crippen LogP contribution in [0, 0.1) is 5.92 Å². The van der Waals surface area contributed by atoms with Crippen LogP contribution in [-0.2, 0) is 11.2 Å². The van der Waals surface area contributed by atoms with Gasteiger partial charge in [-0.25, -0.2) is 0 Å². The van der Waals surface area contributed by atoms with Gasteiger partial charge in [0, 0.05) is 24.1 Å². The van der Waals surface area contributed by atoms with Crippen molar-refractivity contribution < 1.29 is 4.79 Å². The molecule has 1 heterocycles. The minimum atomic E-state index is 0.103. The van der Waals surface area contributed by atoms with Crippen LogP contribution in [0.5, 0.6) is 0 Å². The number of para-hydroxylation sites is 1. The molecular weight excluding hydrogens is 248 g/mol. The van der Waals surface area contributed by atoms with Gasteiger partial charge in [-0.1, -0.05) is 32.0 Å². The number of benzene rings is 1. The van der Waals surface area contributed by atoms with Crippen molar-refractivity contribution >= 4 is 11.5 Å². The van der Waals surface area contributed by atoms with Gasteiger partial charge >= 0.3 is 0 Å². The highest BCUT2D eigenvalue weighted by atomic mass is 16.1. The largest absolute Gasteiger partial charge is 0.382 e. The van der Waals surface area contributed by atoms with Gasteiger partial charge in [0.2, 0.25) is 0 Å². The Hall–Kier alpha value is -1.35. The fourth-order valence-electron chi connectivity index (χ4n) is 2.58. The Labute approximate surface area is 122 Å². The highest BCUT2D eigenvalue weighted by Gasteiger charge is 2.18. The molecule has 0 aliphatic carbocycles. The second-order valence-electron chi connectivity index (χ2n) is 6.18. The Bertz CT molecular complexity index is 448. The summed E-state index contributed by atoms with van der Waals surface area (Å²) in [4.78, 5) is 14.3. The summed E-state index contributed by atoms with van der Waals surface area (Å²) in [6.07, 6.45) is 2.87. The molecule has 2 rings (SSSR count). The quantitative estimate of drug-likeness (QED) is 0.896. The molecule has 1 aromatic rings.